The van der Waals surface area contributed by atoms with Crippen LogP contribution in [-0.4, -0.2) is 66.1 Å². The minimum atomic E-state index is 0.289. The minimum absolute atomic E-state index is 0.289. The number of nitrogens with zero attached hydrogens (tertiary/aromatic N) is 4. The maximum absolute atomic E-state index is 5.81. The van der Waals surface area contributed by atoms with Crippen molar-refractivity contribution in [3.05, 3.63) is 17.0 Å². The zero-order valence-electron chi connectivity index (χ0n) is 11.1. The summed E-state index contributed by atoms with van der Waals surface area (Å²) in [6.45, 7) is 6.16. The van der Waals surface area contributed by atoms with Gasteiger partial charge in [0.15, 0.2) is 0 Å². The van der Waals surface area contributed by atoms with Crippen LogP contribution in [0.1, 0.15) is 5.56 Å². The van der Waals surface area contributed by atoms with E-state index in [2.05, 4.69) is 39.2 Å². The number of anilines is 1. The van der Waals surface area contributed by atoms with Crippen molar-refractivity contribution >= 4 is 17.4 Å². The molecule has 100 valence electrons. The molecule has 5 nitrogen and oxygen atoms in total. The lowest BCUT2D eigenvalue weighted by molar-refractivity contribution is 0.122. The van der Waals surface area contributed by atoms with Crippen molar-refractivity contribution < 1.29 is 0 Å². The summed E-state index contributed by atoms with van der Waals surface area (Å²) in [6.07, 6.45) is 1.74. The molecule has 2 heterocycles. The average Bonchev–Trinajstić information content (AvgIpc) is 2.34. The number of piperazine rings is 1. The van der Waals surface area contributed by atoms with Gasteiger partial charge in [0.1, 0.15) is 5.82 Å². The van der Waals surface area contributed by atoms with E-state index in [0.29, 0.717) is 6.04 Å². The maximum Gasteiger partial charge on any atom is 0.224 e. The second-order valence-electron chi connectivity index (χ2n) is 4.95. The van der Waals surface area contributed by atoms with Crippen LogP contribution in [0.2, 0.25) is 5.28 Å². The van der Waals surface area contributed by atoms with E-state index in [4.69, 9.17) is 11.6 Å². The van der Waals surface area contributed by atoms with Crippen molar-refractivity contribution in [1.29, 1.82) is 0 Å². The first kappa shape index (κ1) is 13.5. The average molecular weight is 270 g/mol. The highest BCUT2D eigenvalue weighted by molar-refractivity contribution is 6.28. The number of hydrogen-bond donors (Lipinski definition) is 1. The minimum Gasteiger partial charge on any atom is -0.368 e. The molecule has 1 atom stereocenters. The van der Waals surface area contributed by atoms with Gasteiger partial charge in [-0.1, -0.05) is 0 Å². The molecular formula is C12H20ClN5. The summed E-state index contributed by atoms with van der Waals surface area (Å²) in [5.74, 6) is 0.830. The highest BCUT2D eigenvalue weighted by Crippen LogP contribution is 2.14. The lowest BCUT2D eigenvalue weighted by atomic mass is 10.2. The molecule has 1 aliphatic heterocycles. The van der Waals surface area contributed by atoms with Crippen molar-refractivity contribution in [2.45, 2.75) is 13.0 Å². The zero-order chi connectivity index (χ0) is 13.1. The smallest absolute Gasteiger partial charge is 0.224 e. The summed E-state index contributed by atoms with van der Waals surface area (Å²) in [7, 11) is 4.33. The second kappa shape index (κ2) is 5.82. The van der Waals surface area contributed by atoms with Gasteiger partial charge in [-0.3, -0.25) is 4.90 Å². The summed E-state index contributed by atoms with van der Waals surface area (Å²) in [6, 6.07) is 0.497. The van der Waals surface area contributed by atoms with Gasteiger partial charge in [-0.25, -0.2) is 9.97 Å². The largest absolute Gasteiger partial charge is 0.368 e. The van der Waals surface area contributed by atoms with E-state index in [1.54, 1.807) is 6.20 Å². The van der Waals surface area contributed by atoms with Gasteiger partial charge in [0.05, 0.1) is 0 Å². The third-order valence-electron chi connectivity index (χ3n) is 3.43. The van der Waals surface area contributed by atoms with Gasteiger partial charge in [-0.2, -0.15) is 0 Å². The standard InChI is InChI=1S/C12H20ClN5/c1-9-6-15-12(13)16-11(9)14-7-10-8-17(2)4-5-18(10)3/h6,10H,4-5,7-8H2,1-3H3,(H,14,15,16). The Kier molecular flexibility index (Phi) is 4.37. The van der Waals surface area contributed by atoms with E-state index in [1.807, 2.05) is 6.92 Å². The molecule has 0 spiro atoms. The molecule has 1 saturated heterocycles. The van der Waals surface area contributed by atoms with Crippen LogP contribution < -0.4 is 5.32 Å². The Balaban J connectivity index is 1.96. The quantitative estimate of drug-likeness (QED) is 0.833. The molecule has 1 aromatic heterocycles. The lowest BCUT2D eigenvalue weighted by Gasteiger charge is -2.37. The monoisotopic (exact) mass is 269 g/mol. The molecule has 0 saturated carbocycles. The summed E-state index contributed by atoms with van der Waals surface area (Å²) >= 11 is 5.81. The van der Waals surface area contributed by atoms with E-state index in [9.17, 15) is 0 Å². The van der Waals surface area contributed by atoms with E-state index in [0.717, 1.165) is 37.6 Å². The third-order valence-corrected chi connectivity index (χ3v) is 3.61. The molecule has 1 N–H and O–H groups in total. The molecule has 18 heavy (non-hydrogen) atoms. The van der Waals surface area contributed by atoms with Crippen LogP contribution in [0.3, 0.4) is 0 Å². The SMILES string of the molecule is Cc1cnc(Cl)nc1NCC1CN(C)CCN1C. The molecule has 1 aliphatic rings. The topological polar surface area (TPSA) is 44.3 Å². The van der Waals surface area contributed by atoms with Crippen LogP contribution in [0.25, 0.3) is 0 Å². The van der Waals surface area contributed by atoms with E-state index < -0.39 is 0 Å². The van der Waals surface area contributed by atoms with E-state index in [1.165, 1.54) is 0 Å². The van der Waals surface area contributed by atoms with Crippen LogP contribution in [0.15, 0.2) is 6.20 Å². The molecule has 1 fully saturated rings. The van der Waals surface area contributed by atoms with Crippen LogP contribution in [0.5, 0.6) is 0 Å². The first-order valence-corrected chi connectivity index (χ1v) is 6.56. The Labute approximate surface area is 113 Å². The van der Waals surface area contributed by atoms with E-state index >= 15 is 0 Å². The summed E-state index contributed by atoms with van der Waals surface area (Å²) < 4.78 is 0. The number of nitrogens with one attached hydrogen (secondary N) is 1. The molecule has 1 aromatic rings. The molecule has 1 unspecified atom stereocenters. The van der Waals surface area contributed by atoms with Crippen molar-refractivity contribution in [3.63, 3.8) is 0 Å². The van der Waals surface area contributed by atoms with Crippen molar-refractivity contribution in [1.82, 2.24) is 19.8 Å². The second-order valence-corrected chi connectivity index (χ2v) is 5.29. The molecule has 0 amide bonds. The number of likely N-dealkylation sites (N-methyl/N-ethyl adjacent to an activating group) is 2. The molecule has 0 aliphatic carbocycles. The predicted octanol–water partition coefficient (Wildman–Crippen LogP) is 1.10. The van der Waals surface area contributed by atoms with Gasteiger partial charge in [0.25, 0.3) is 0 Å². The highest BCUT2D eigenvalue weighted by Gasteiger charge is 2.21. The van der Waals surface area contributed by atoms with Gasteiger partial charge in [0.2, 0.25) is 5.28 Å². The summed E-state index contributed by atoms with van der Waals surface area (Å²) in [5.41, 5.74) is 1.02. The van der Waals surface area contributed by atoms with Gasteiger partial charge in [0, 0.05) is 44.0 Å². The fraction of sp³-hybridized carbons (Fsp3) is 0.667. The Morgan fingerprint density at radius 2 is 2.22 bits per heavy atom. The van der Waals surface area contributed by atoms with Gasteiger partial charge < -0.3 is 10.2 Å². The van der Waals surface area contributed by atoms with Crippen LogP contribution in [0, 0.1) is 6.92 Å². The van der Waals surface area contributed by atoms with Gasteiger partial charge >= 0.3 is 0 Å². The molecule has 0 radical (unpaired) electrons. The van der Waals surface area contributed by atoms with E-state index in [-0.39, 0.29) is 5.28 Å². The van der Waals surface area contributed by atoms with Crippen LogP contribution >= 0.6 is 11.6 Å². The molecule has 0 bridgehead atoms. The number of aryl methyl sites for hydroxylation is 1. The Bertz CT molecular complexity index is 411. The zero-order valence-corrected chi connectivity index (χ0v) is 11.9. The number of halogens is 1. The number of hydrogen-bond acceptors (Lipinski definition) is 5. The summed E-state index contributed by atoms with van der Waals surface area (Å²) in [4.78, 5) is 12.9. The Morgan fingerprint density at radius 3 is 3.00 bits per heavy atom. The normalized spacial score (nSPS) is 22.1. The van der Waals surface area contributed by atoms with Crippen molar-refractivity contribution in [2.75, 3.05) is 45.6 Å². The predicted molar refractivity (Wildman–Crippen MR) is 74.2 cm³/mol. The fourth-order valence-electron chi connectivity index (χ4n) is 2.14. The van der Waals surface area contributed by atoms with Crippen molar-refractivity contribution in [2.24, 2.45) is 0 Å². The van der Waals surface area contributed by atoms with Crippen LogP contribution in [-0.2, 0) is 0 Å². The summed E-state index contributed by atoms with van der Waals surface area (Å²) in [5, 5.41) is 3.66. The molecule has 2 rings (SSSR count). The third kappa shape index (κ3) is 3.31. The highest BCUT2D eigenvalue weighted by atomic mass is 35.5. The number of aromatic nitrogens is 2. The molecule has 6 heteroatoms. The van der Waals surface area contributed by atoms with Crippen LogP contribution in [0.4, 0.5) is 5.82 Å². The van der Waals surface area contributed by atoms with Gasteiger partial charge in [-0.15, -0.1) is 0 Å². The van der Waals surface area contributed by atoms with Gasteiger partial charge in [-0.05, 0) is 32.6 Å². The number of rotatable bonds is 3. The first-order chi connectivity index (χ1) is 8.56. The Hall–Kier alpha value is -0.910. The maximum atomic E-state index is 5.81. The molecule has 0 aromatic carbocycles. The van der Waals surface area contributed by atoms with Crippen molar-refractivity contribution in [3.8, 4) is 0 Å². The Morgan fingerprint density at radius 1 is 1.44 bits per heavy atom. The lowest BCUT2D eigenvalue weighted by Crippen LogP contribution is -2.52. The molecular weight excluding hydrogens is 250 g/mol. The first-order valence-electron chi connectivity index (χ1n) is 6.18. The fourth-order valence-corrected chi connectivity index (χ4v) is 2.27.